The lowest BCUT2D eigenvalue weighted by molar-refractivity contribution is -0.386. The molecule has 0 radical (unpaired) electrons. The molecule has 39 heavy (non-hydrogen) atoms. The second-order valence-corrected chi connectivity index (χ2v) is 8.89. The van der Waals surface area contributed by atoms with Gasteiger partial charge in [0, 0.05) is 13.0 Å². The highest BCUT2D eigenvalue weighted by atomic mass is 16.7. The largest absolute Gasteiger partial charge is 0.514 e. The van der Waals surface area contributed by atoms with Gasteiger partial charge in [0.2, 0.25) is 11.7 Å². The molecule has 0 saturated carbocycles. The smallest absolute Gasteiger partial charge is 0.493 e. The first-order valence-corrected chi connectivity index (χ1v) is 12.5. The second-order valence-electron chi connectivity index (χ2n) is 8.89. The molecule has 11 nitrogen and oxygen atoms in total. The van der Waals surface area contributed by atoms with E-state index >= 15 is 0 Å². The number of rotatable bonds is 15. The summed E-state index contributed by atoms with van der Waals surface area (Å²) in [6, 6.07) is 7.71. The standard InChI is InChI=1S/C28H36N2O9/c1-19(2)10-8-6-7-9-11-25(31)29-17-20-12-14-22(24(16-20)36-4)39-28(32)38-18-21-13-15-23(35-3)27(37-5)26(21)30(33)34/h8,10,12-16,19H,6-7,9,11,17-18H2,1-5H3,(H,29,31)/b10-8+. The van der Waals surface area contributed by atoms with Gasteiger partial charge in [-0.15, -0.1) is 0 Å². The van der Waals surface area contributed by atoms with Gasteiger partial charge in [-0.05, 0) is 55.0 Å². The number of benzene rings is 2. The third-order valence-corrected chi connectivity index (χ3v) is 5.59. The maximum Gasteiger partial charge on any atom is 0.514 e. The van der Waals surface area contributed by atoms with Gasteiger partial charge in [0.25, 0.3) is 0 Å². The molecule has 0 aliphatic rings. The Morgan fingerprint density at radius 2 is 1.72 bits per heavy atom. The first-order chi connectivity index (χ1) is 18.7. The molecule has 0 saturated heterocycles. The lowest BCUT2D eigenvalue weighted by Gasteiger charge is -2.13. The van der Waals surface area contributed by atoms with E-state index < -0.39 is 17.7 Å². The zero-order valence-corrected chi connectivity index (χ0v) is 23.0. The molecule has 0 aliphatic carbocycles. The number of unbranched alkanes of at least 4 members (excludes halogenated alkanes) is 2. The molecule has 2 aromatic carbocycles. The van der Waals surface area contributed by atoms with Gasteiger partial charge < -0.3 is 29.0 Å². The molecule has 212 valence electrons. The number of allylic oxidation sites excluding steroid dienone is 2. The summed E-state index contributed by atoms with van der Waals surface area (Å²) in [4.78, 5) is 35.4. The van der Waals surface area contributed by atoms with Crippen molar-refractivity contribution in [3.8, 4) is 23.0 Å². The van der Waals surface area contributed by atoms with E-state index in [0.717, 1.165) is 24.8 Å². The van der Waals surface area contributed by atoms with Crippen LogP contribution in [0.4, 0.5) is 10.5 Å². The van der Waals surface area contributed by atoms with Gasteiger partial charge >= 0.3 is 11.8 Å². The van der Waals surface area contributed by atoms with Crippen LogP contribution in [-0.2, 0) is 22.7 Å². The summed E-state index contributed by atoms with van der Waals surface area (Å²) in [5.74, 6) is 0.920. The van der Waals surface area contributed by atoms with Crippen molar-refractivity contribution >= 4 is 17.7 Å². The van der Waals surface area contributed by atoms with Crippen molar-refractivity contribution in [3.63, 3.8) is 0 Å². The van der Waals surface area contributed by atoms with Crippen LogP contribution >= 0.6 is 0 Å². The molecule has 0 spiro atoms. The van der Waals surface area contributed by atoms with Gasteiger partial charge in [-0.1, -0.05) is 32.1 Å². The summed E-state index contributed by atoms with van der Waals surface area (Å²) in [5.41, 5.74) is 0.470. The Kier molecular flexibility index (Phi) is 12.6. The molecular weight excluding hydrogens is 508 g/mol. The van der Waals surface area contributed by atoms with Gasteiger partial charge in [0.05, 0.1) is 31.8 Å². The number of carbonyl (C=O) groups excluding carboxylic acids is 2. The summed E-state index contributed by atoms with van der Waals surface area (Å²) in [6.07, 6.45) is 6.38. The number of methoxy groups -OCH3 is 3. The van der Waals surface area contributed by atoms with E-state index in [1.54, 1.807) is 12.1 Å². The molecule has 0 aliphatic heterocycles. The second kappa shape index (κ2) is 15.9. The van der Waals surface area contributed by atoms with E-state index in [1.165, 1.54) is 39.5 Å². The van der Waals surface area contributed by atoms with Crippen LogP contribution in [0.1, 0.15) is 50.7 Å². The van der Waals surface area contributed by atoms with Crippen LogP contribution in [0.2, 0.25) is 0 Å². The minimum atomic E-state index is -1.08. The number of carbonyl (C=O) groups is 2. The Morgan fingerprint density at radius 3 is 2.36 bits per heavy atom. The predicted molar refractivity (Wildman–Crippen MR) is 144 cm³/mol. The third-order valence-electron chi connectivity index (χ3n) is 5.59. The van der Waals surface area contributed by atoms with Crippen molar-refractivity contribution in [2.75, 3.05) is 21.3 Å². The van der Waals surface area contributed by atoms with E-state index in [2.05, 4.69) is 31.3 Å². The summed E-state index contributed by atoms with van der Waals surface area (Å²) in [7, 11) is 4.05. The monoisotopic (exact) mass is 544 g/mol. The highest BCUT2D eigenvalue weighted by Gasteiger charge is 2.26. The molecule has 1 N–H and O–H groups in total. The molecule has 0 aromatic heterocycles. The van der Waals surface area contributed by atoms with Crippen LogP contribution in [-0.4, -0.2) is 38.3 Å². The van der Waals surface area contributed by atoms with Crippen molar-refractivity contribution in [2.24, 2.45) is 5.92 Å². The van der Waals surface area contributed by atoms with Gasteiger partial charge in [0.1, 0.15) is 6.61 Å². The number of amides is 1. The highest BCUT2D eigenvalue weighted by molar-refractivity contribution is 5.75. The Morgan fingerprint density at radius 1 is 1.00 bits per heavy atom. The number of nitro groups is 1. The van der Waals surface area contributed by atoms with E-state index in [1.807, 2.05) is 0 Å². The fraction of sp³-hybridized carbons (Fsp3) is 0.429. The van der Waals surface area contributed by atoms with Crippen LogP contribution in [0.5, 0.6) is 23.0 Å². The highest BCUT2D eigenvalue weighted by Crippen LogP contribution is 2.39. The normalized spacial score (nSPS) is 10.8. The first-order valence-electron chi connectivity index (χ1n) is 12.5. The number of hydrogen-bond donors (Lipinski definition) is 1. The number of nitrogens with one attached hydrogen (secondary N) is 1. The number of nitrogens with zero attached hydrogens (tertiary/aromatic N) is 1. The zero-order chi connectivity index (χ0) is 28.8. The zero-order valence-electron chi connectivity index (χ0n) is 23.0. The van der Waals surface area contributed by atoms with E-state index in [-0.39, 0.29) is 46.7 Å². The maximum absolute atomic E-state index is 12.3. The number of ether oxygens (including phenoxy) is 5. The molecular formula is C28H36N2O9. The Hall–Kier alpha value is -4.28. The molecule has 0 bridgehead atoms. The molecule has 0 atom stereocenters. The van der Waals surface area contributed by atoms with E-state index in [0.29, 0.717) is 12.3 Å². The molecule has 11 heteroatoms. The topological polar surface area (TPSA) is 135 Å². The fourth-order valence-electron chi connectivity index (χ4n) is 3.64. The average Bonchev–Trinajstić information content (AvgIpc) is 2.92. The molecule has 1 amide bonds. The van der Waals surface area contributed by atoms with Crippen molar-refractivity contribution in [2.45, 2.75) is 52.7 Å². The lowest BCUT2D eigenvalue weighted by atomic mass is 10.1. The Bertz CT molecular complexity index is 1160. The van der Waals surface area contributed by atoms with Crippen molar-refractivity contribution in [3.05, 3.63) is 63.7 Å². The summed E-state index contributed by atoms with van der Waals surface area (Å²) in [5, 5.41) is 14.5. The van der Waals surface area contributed by atoms with Crippen molar-refractivity contribution < 1.29 is 38.2 Å². The summed E-state index contributed by atoms with van der Waals surface area (Å²) in [6.45, 7) is 4.10. The van der Waals surface area contributed by atoms with Gasteiger partial charge in [0.15, 0.2) is 17.2 Å². The fourth-order valence-corrected chi connectivity index (χ4v) is 3.64. The van der Waals surface area contributed by atoms with Crippen LogP contribution in [0, 0.1) is 16.0 Å². The summed E-state index contributed by atoms with van der Waals surface area (Å²) < 4.78 is 25.8. The average molecular weight is 545 g/mol. The lowest BCUT2D eigenvalue weighted by Crippen LogP contribution is -2.22. The van der Waals surface area contributed by atoms with Crippen LogP contribution in [0.15, 0.2) is 42.5 Å². The van der Waals surface area contributed by atoms with Crippen LogP contribution < -0.4 is 24.3 Å². The Balaban J connectivity index is 1.91. The molecule has 0 heterocycles. The Labute approximate surface area is 228 Å². The SMILES string of the molecule is COc1cc(CNC(=O)CCCC/C=C/C(C)C)ccc1OC(=O)OCc1ccc(OC)c(OC)c1[N+](=O)[O-]. The van der Waals surface area contributed by atoms with Crippen LogP contribution in [0.3, 0.4) is 0 Å². The van der Waals surface area contributed by atoms with Gasteiger partial charge in [-0.3, -0.25) is 14.9 Å². The minimum absolute atomic E-state index is 0.0463. The molecule has 0 fully saturated rings. The van der Waals surface area contributed by atoms with E-state index in [9.17, 15) is 19.7 Å². The molecule has 2 aromatic rings. The molecule has 0 unspecified atom stereocenters. The maximum atomic E-state index is 12.3. The predicted octanol–water partition coefficient (Wildman–Crippen LogP) is 5.73. The van der Waals surface area contributed by atoms with Crippen molar-refractivity contribution in [1.29, 1.82) is 0 Å². The number of nitro benzene ring substituents is 1. The van der Waals surface area contributed by atoms with E-state index in [4.69, 9.17) is 23.7 Å². The van der Waals surface area contributed by atoms with Gasteiger partial charge in [-0.25, -0.2) is 4.79 Å². The third kappa shape index (κ3) is 9.84. The minimum Gasteiger partial charge on any atom is -0.493 e. The first kappa shape index (κ1) is 30.9. The molecule has 2 rings (SSSR count). The van der Waals surface area contributed by atoms with Crippen molar-refractivity contribution in [1.82, 2.24) is 5.32 Å². The van der Waals surface area contributed by atoms with Gasteiger partial charge in [-0.2, -0.15) is 0 Å². The van der Waals surface area contributed by atoms with Crippen LogP contribution in [0.25, 0.3) is 0 Å². The quantitative estimate of drug-likeness (QED) is 0.0745. The number of hydrogen-bond acceptors (Lipinski definition) is 9. The summed E-state index contributed by atoms with van der Waals surface area (Å²) >= 11 is 0.